The highest BCUT2D eigenvalue weighted by atomic mass is 35.5. The van der Waals surface area contributed by atoms with Gasteiger partial charge in [0, 0.05) is 6.54 Å². The summed E-state index contributed by atoms with van der Waals surface area (Å²) in [4.78, 5) is 3.39. The lowest BCUT2D eigenvalue weighted by Gasteiger charge is -2.33. The Bertz CT molecular complexity index is 850. The highest BCUT2D eigenvalue weighted by molar-refractivity contribution is 7.13. The van der Waals surface area contributed by atoms with Crippen LogP contribution in [0.25, 0.3) is 10.8 Å². The Hall–Kier alpha value is -1.40. The van der Waals surface area contributed by atoms with Gasteiger partial charge in [-0.2, -0.15) is 0 Å². The average Bonchev–Trinajstić information content (AvgIpc) is 3.30. The third-order valence-electron chi connectivity index (χ3n) is 4.44. The van der Waals surface area contributed by atoms with Crippen molar-refractivity contribution < 1.29 is 4.42 Å². The molecule has 0 aliphatic carbocycles. The van der Waals surface area contributed by atoms with Gasteiger partial charge in [0.25, 0.3) is 5.89 Å². The van der Waals surface area contributed by atoms with Crippen LogP contribution in [0.4, 0.5) is 0 Å². The molecule has 7 heteroatoms. The topological polar surface area (TPSA) is 42.2 Å². The van der Waals surface area contributed by atoms with Crippen molar-refractivity contribution in [3.63, 3.8) is 0 Å². The number of halogens is 2. The first-order chi connectivity index (χ1) is 12.2. The minimum Gasteiger partial charge on any atom is -0.418 e. The molecule has 0 amide bonds. The second-order valence-electron chi connectivity index (χ2n) is 6.15. The Labute approximate surface area is 160 Å². The summed E-state index contributed by atoms with van der Waals surface area (Å²) in [7, 11) is 0. The summed E-state index contributed by atoms with van der Waals surface area (Å²) in [5.74, 6) is 1.30. The monoisotopic (exact) mass is 393 g/mol. The fraction of sp³-hybridized carbons (Fsp3) is 0.333. The van der Waals surface area contributed by atoms with Crippen molar-refractivity contribution in [2.75, 3.05) is 6.54 Å². The minimum atomic E-state index is 0.143. The molecular weight excluding hydrogens is 377 g/mol. The van der Waals surface area contributed by atoms with Gasteiger partial charge >= 0.3 is 0 Å². The summed E-state index contributed by atoms with van der Waals surface area (Å²) < 4.78 is 5.98. The summed E-state index contributed by atoms with van der Waals surface area (Å²) in [5.41, 5.74) is 1.14. The lowest BCUT2D eigenvalue weighted by Crippen LogP contribution is -2.33. The molecule has 4 rings (SSSR count). The van der Waals surface area contributed by atoms with Crippen LogP contribution in [0, 0.1) is 0 Å². The zero-order valence-corrected chi connectivity index (χ0v) is 15.8. The van der Waals surface area contributed by atoms with E-state index in [9.17, 15) is 0 Å². The van der Waals surface area contributed by atoms with Crippen LogP contribution in [-0.2, 0) is 6.54 Å². The summed E-state index contributed by atoms with van der Waals surface area (Å²) in [5, 5.41) is 11.7. The maximum absolute atomic E-state index is 6.16. The quantitative estimate of drug-likeness (QED) is 0.558. The lowest BCUT2D eigenvalue weighted by atomic mass is 10.0. The van der Waals surface area contributed by atoms with E-state index in [2.05, 4.69) is 15.1 Å². The molecule has 0 bridgehead atoms. The Balaban J connectivity index is 1.55. The third kappa shape index (κ3) is 3.75. The number of hydrogen-bond donors (Lipinski definition) is 0. The van der Waals surface area contributed by atoms with E-state index in [0.29, 0.717) is 21.8 Å². The molecule has 3 heterocycles. The number of benzene rings is 1. The van der Waals surface area contributed by atoms with E-state index in [1.807, 2.05) is 35.7 Å². The summed E-state index contributed by atoms with van der Waals surface area (Å²) in [6.07, 6.45) is 3.36. The number of hydrogen-bond acceptors (Lipinski definition) is 5. The molecule has 130 valence electrons. The van der Waals surface area contributed by atoms with Crippen molar-refractivity contribution in [1.29, 1.82) is 0 Å². The maximum Gasteiger partial charge on any atom is 0.257 e. The molecule has 0 spiro atoms. The lowest BCUT2D eigenvalue weighted by molar-refractivity contribution is 0.118. The summed E-state index contributed by atoms with van der Waals surface area (Å²) >= 11 is 13.8. The number of thiophene rings is 1. The van der Waals surface area contributed by atoms with Gasteiger partial charge in [-0.25, -0.2) is 0 Å². The van der Waals surface area contributed by atoms with Gasteiger partial charge in [0.05, 0.1) is 21.0 Å². The number of aromatic nitrogens is 2. The molecule has 0 radical (unpaired) electrons. The smallest absolute Gasteiger partial charge is 0.257 e. The molecule has 3 aromatic rings. The van der Waals surface area contributed by atoms with Crippen molar-refractivity contribution >= 4 is 34.5 Å². The van der Waals surface area contributed by atoms with Crippen LogP contribution in [0.2, 0.25) is 10.0 Å². The predicted molar refractivity (Wildman–Crippen MR) is 101 cm³/mol. The predicted octanol–water partition coefficient (Wildman–Crippen LogP) is 5.83. The van der Waals surface area contributed by atoms with E-state index in [-0.39, 0.29) is 6.04 Å². The van der Waals surface area contributed by atoms with E-state index >= 15 is 0 Å². The first-order valence-electron chi connectivity index (χ1n) is 8.26. The van der Waals surface area contributed by atoms with Gasteiger partial charge in [-0.1, -0.05) is 41.8 Å². The van der Waals surface area contributed by atoms with Crippen molar-refractivity contribution in [3.8, 4) is 10.8 Å². The molecule has 1 fully saturated rings. The van der Waals surface area contributed by atoms with E-state index in [1.165, 1.54) is 12.8 Å². The Morgan fingerprint density at radius 1 is 1.16 bits per heavy atom. The van der Waals surface area contributed by atoms with Crippen molar-refractivity contribution in [3.05, 3.63) is 57.2 Å². The van der Waals surface area contributed by atoms with E-state index in [1.54, 1.807) is 11.3 Å². The molecule has 1 aromatic carbocycles. The van der Waals surface area contributed by atoms with Crippen molar-refractivity contribution in [1.82, 2.24) is 15.1 Å². The highest BCUT2D eigenvalue weighted by Crippen LogP contribution is 2.34. The minimum absolute atomic E-state index is 0.143. The molecule has 1 aliphatic heterocycles. The van der Waals surface area contributed by atoms with E-state index in [0.717, 1.165) is 30.0 Å². The molecule has 25 heavy (non-hydrogen) atoms. The average molecular weight is 394 g/mol. The van der Waals surface area contributed by atoms with Crippen LogP contribution in [0.3, 0.4) is 0 Å². The van der Waals surface area contributed by atoms with Gasteiger partial charge in [0.15, 0.2) is 0 Å². The maximum atomic E-state index is 6.16. The molecule has 1 saturated heterocycles. The molecule has 4 nitrogen and oxygen atoms in total. The van der Waals surface area contributed by atoms with E-state index in [4.69, 9.17) is 27.6 Å². The Morgan fingerprint density at radius 3 is 2.88 bits per heavy atom. The van der Waals surface area contributed by atoms with Crippen LogP contribution in [0.1, 0.15) is 36.8 Å². The number of piperidine rings is 1. The third-order valence-corrected chi connectivity index (χ3v) is 6.04. The molecule has 1 atom stereocenters. The van der Waals surface area contributed by atoms with Crippen LogP contribution in [0.5, 0.6) is 0 Å². The first kappa shape index (κ1) is 17.0. The standard InChI is InChI=1S/C18H17Cl2N3OS/c19-13-7-6-12(10-14(13)20)11-23-8-2-1-4-15(23)17-21-22-18(24-17)16-5-3-9-25-16/h3,5-7,9-10,15H,1-2,4,8,11H2/t15-/m0/s1. The van der Waals surface area contributed by atoms with Gasteiger partial charge in [0.2, 0.25) is 5.89 Å². The number of rotatable bonds is 4. The Morgan fingerprint density at radius 2 is 2.08 bits per heavy atom. The Kier molecular flexibility index (Phi) is 5.08. The molecule has 0 unspecified atom stereocenters. The van der Waals surface area contributed by atoms with Gasteiger partial charge in [-0.15, -0.1) is 21.5 Å². The van der Waals surface area contributed by atoms with Crippen molar-refractivity contribution in [2.24, 2.45) is 0 Å². The van der Waals surface area contributed by atoms with Crippen molar-refractivity contribution in [2.45, 2.75) is 31.8 Å². The highest BCUT2D eigenvalue weighted by Gasteiger charge is 2.29. The fourth-order valence-electron chi connectivity index (χ4n) is 3.20. The first-order valence-corrected chi connectivity index (χ1v) is 9.89. The van der Waals surface area contributed by atoms with Gasteiger partial charge in [-0.05, 0) is 48.5 Å². The number of nitrogens with zero attached hydrogens (tertiary/aromatic N) is 3. The fourth-order valence-corrected chi connectivity index (χ4v) is 4.17. The molecule has 1 aliphatic rings. The zero-order chi connectivity index (χ0) is 17.2. The normalized spacial score (nSPS) is 18.6. The van der Waals surface area contributed by atoms with Crippen LogP contribution in [0.15, 0.2) is 40.1 Å². The SMILES string of the molecule is Clc1ccc(CN2CCCC[C@H]2c2nnc(-c3cccs3)o2)cc1Cl. The second-order valence-corrected chi connectivity index (χ2v) is 7.92. The van der Waals surface area contributed by atoms with Gasteiger partial charge < -0.3 is 4.42 Å². The zero-order valence-electron chi connectivity index (χ0n) is 13.5. The molecule has 0 saturated carbocycles. The van der Waals surface area contributed by atoms with Gasteiger partial charge in [0.1, 0.15) is 0 Å². The summed E-state index contributed by atoms with van der Waals surface area (Å²) in [6.45, 7) is 1.79. The van der Waals surface area contributed by atoms with Crippen LogP contribution >= 0.6 is 34.5 Å². The van der Waals surface area contributed by atoms with Crippen LogP contribution < -0.4 is 0 Å². The molecule has 2 aromatic heterocycles. The van der Waals surface area contributed by atoms with E-state index < -0.39 is 0 Å². The molecule has 0 N–H and O–H groups in total. The number of likely N-dealkylation sites (tertiary alicyclic amines) is 1. The largest absolute Gasteiger partial charge is 0.418 e. The molecular formula is C18H17Cl2N3OS. The van der Waals surface area contributed by atoms with Crippen LogP contribution in [-0.4, -0.2) is 21.6 Å². The summed E-state index contributed by atoms with van der Waals surface area (Å²) in [6, 6.07) is 9.92. The van der Waals surface area contributed by atoms with Gasteiger partial charge in [-0.3, -0.25) is 4.90 Å². The second kappa shape index (κ2) is 7.46.